The van der Waals surface area contributed by atoms with E-state index in [1.54, 1.807) is 12.1 Å². The number of carbonyl (C=O) groups is 1. The van der Waals surface area contributed by atoms with E-state index in [2.05, 4.69) is 5.32 Å². The number of rotatable bonds is 4. The summed E-state index contributed by atoms with van der Waals surface area (Å²) >= 11 is 0. The SMILES string of the molecule is Cc1ccc(N)cc1NC(=O)CS(=O)C1CCOCC1. The number of carbonyl (C=O) groups excluding carboxylic acids is 1. The molecule has 0 radical (unpaired) electrons. The van der Waals surface area contributed by atoms with Crippen LogP contribution in [-0.2, 0) is 20.3 Å². The third kappa shape index (κ3) is 4.05. The molecule has 1 saturated heterocycles. The van der Waals surface area contributed by atoms with E-state index in [9.17, 15) is 9.00 Å². The van der Waals surface area contributed by atoms with Gasteiger partial charge in [-0.3, -0.25) is 9.00 Å². The van der Waals surface area contributed by atoms with Gasteiger partial charge in [-0.1, -0.05) is 6.07 Å². The number of aryl methyl sites for hydroxylation is 1. The standard InChI is InChI=1S/C14H20N2O3S/c1-10-2-3-11(15)8-13(10)16-14(17)9-20(18)12-4-6-19-7-5-12/h2-3,8,12H,4-7,9,15H2,1H3,(H,16,17). The van der Waals surface area contributed by atoms with Crippen molar-refractivity contribution < 1.29 is 13.7 Å². The van der Waals surface area contributed by atoms with Gasteiger partial charge in [0.2, 0.25) is 5.91 Å². The summed E-state index contributed by atoms with van der Waals surface area (Å²) in [4.78, 5) is 12.0. The Balaban J connectivity index is 1.91. The number of hydrogen-bond acceptors (Lipinski definition) is 4. The lowest BCUT2D eigenvalue weighted by molar-refractivity contribution is -0.113. The number of anilines is 2. The van der Waals surface area contributed by atoms with Crippen LogP contribution in [-0.4, -0.2) is 34.3 Å². The summed E-state index contributed by atoms with van der Waals surface area (Å²) in [5.74, 6) is -0.206. The molecule has 1 unspecified atom stereocenters. The van der Waals surface area contributed by atoms with Crippen molar-refractivity contribution in [1.29, 1.82) is 0 Å². The molecule has 0 aliphatic carbocycles. The van der Waals surface area contributed by atoms with Gasteiger partial charge in [-0.25, -0.2) is 0 Å². The van der Waals surface area contributed by atoms with Crippen LogP contribution in [0.4, 0.5) is 11.4 Å². The first-order valence-electron chi connectivity index (χ1n) is 6.67. The number of hydrogen-bond donors (Lipinski definition) is 2. The molecule has 3 N–H and O–H groups in total. The van der Waals surface area contributed by atoms with Crippen molar-refractivity contribution in [2.75, 3.05) is 30.0 Å². The minimum absolute atomic E-state index is 0.0267. The highest BCUT2D eigenvalue weighted by molar-refractivity contribution is 7.86. The molecular formula is C14H20N2O3S. The summed E-state index contributed by atoms with van der Waals surface area (Å²) in [7, 11) is -1.15. The van der Waals surface area contributed by atoms with Gasteiger partial charge in [0, 0.05) is 40.6 Å². The minimum atomic E-state index is -1.15. The van der Waals surface area contributed by atoms with Crippen LogP contribution in [0.25, 0.3) is 0 Å². The van der Waals surface area contributed by atoms with Crippen LogP contribution >= 0.6 is 0 Å². The van der Waals surface area contributed by atoms with Gasteiger partial charge in [0.05, 0.1) is 0 Å². The van der Waals surface area contributed by atoms with E-state index in [-0.39, 0.29) is 16.9 Å². The van der Waals surface area contributed by atoms with E-state index in [1.165, 1.54) is 0 Å². The molecule has 0 spiro atoms. The Morgan fingerprint density at radius 1 is 1.45 bits per heavy atom. The minimum Gasteiger partial charge on any atom is -0.399 e. The maximum atomic E-state index is 12.1. The molecule has 6 heteroatoms. The van der Waals surface area contributed by atoms with Crippen LogP contribution in [0.1, 0.15) is 18.4 Å². The first-order valence-corrected chi connectivity index (χ1v) is 8.05. The molecule has 20 heavy (non-hydrogen) atoms. The van der Waals surface area contributed by atoms with Gasteiger partial charge in [-0.05, 0) is 37.5 Å². The van der Waals surface area contributed by atoms with E-state index in [4.69, 9.17) is 10.5 Å². The van der Waals surface area contributed by atoms with Gasteiger partial charge >= 0.3 is 0 Å². The van der Waals surface area contributed by atoms with Gasteiger partial charge in [-0.2, -0.15) is 0 Å². The van der Waals surface area contributed by atoms with Crippen LogP contribution in [0.2, 0.25) is 0 Å². The zero-order valence-corrected chi connectivity index (χ0v) is 12.4. The second kappa shape index (κ2) is 6.85. The number of nitrogen functional groups attached to an aromatic ring is 1. The largest absolute Gasteiger partial charge is 0.399 e. The molecule has 0 bridgehead atoms. The quantitative estimate of drug-likeness (QED) is 0.824. The van der Waals surface area contributed by atoms with Gasteiger partial charge in [0.25, 0.3) is 0 Å². The van der Waals surface area contributed by atoms with E-state index < -0.39 is 10.8 Å². The normalized spacial score (nSPS) is 17.6. The number of amides is 1. The highest BCUT2D eigenvalue weighted by Gasteiger charge is 2.22. The first kappa shape index (κ1) is 15.0. The van der Waals surface area contributed by atoms with Crippen LogP contribution < -0.4 is 11.1 Å². The predicted molar refractivity (Wildman–Crippen MR) is 81.1 cm³/mol. The van der Waals surface area contributed by atoms with Crippen molar-refractivity contribution in [1.82, 2.24) is 0 Å². The molecule has 1 fully saturated rings. The molecule has 1 heterocycles. The lowest BCUT2D eigenvalue weighted by Gasteiger charge is -2.21. The number of nitrogens with one attached hydrogen (secondary N) is 1. The van der Waals surface area contributed by atoms with E-state index >= 15 is 0 Å². The third-order valence-corrected chi connectivity index (χ3v) is 5.11. The summed E-state index contributed by atoms with van der Waals surface area (Å²) in [6.07, 6.45) is 1.52. The van der Waals surface area contributed by atoms with E-state index in [0.29, 0.717) is 24.6 Å². The Bertz CT molecular complexity index is 513. The Hall–Kier alpha value is -1.40. The molecule has 0 saturated carbocycles. The monoisotopic (exact) mass is 296 g/mol. The predicted octanol–water partition coefficient (Wildman–Crippen LogP) is 1.44. The van der Waals surface area contributed by atoms with Gasteiger partial charge < -0.3 is 15.8 Å². The third-order valence-electron chi connectivity index (χ3n) is 3.35. The van der Waals surface area contributed by atoms with Crippen molar-refractivity contribution in [3.63, 3.8) is 0 Å². The molecule has 1 aliphatic heterocycles. The van der Waals surface area contributed by atoms with Crippen molar-refractivity contribution >= 4 is 28.1 Å². The molecule has 1 atom stereocenters. The molecular weight excluding hydrogens is 276 g/mol. The fraction of sp³-hybridized carbons (Fsp3) is 0.500. The van der Waals surface area contributed by atoms with E-state index in [1.807, 2.05) is 13.0 Å². The zero-order valence-electron chi connectivity index (χ0n) is 11.6. The summed E-state index contributed by atoms with van der Waals surface area (Å²) < 4.78 is 17.4. The zero-order chi connectivity index (χ0) is 14.5. The number of benzene rings is 1. The van der Waals surface area contributed by atoms with Crippen LogP contribution in [0.3, 0.4) is 0 Å². The molecule has 5 nitrogen and oxygen atoms in total. The summed E-state index contributed by atoms with van der Waals surface area (Å²) in [5.41, 5.74) is 7.90. The first-order chi connectivity index (χ1) is 9.56. The number of nitrogens with two attached hydrogens (primary N) is 1. The molecule has 1 aromatic carbocycles. The van der Waals surface area contributed by atoms with E-state index in [0.717, 1.165) is 18.4 Å². The maximum absolute atomic E-state index is 12.1. The van der Waals surface area contributed by atoms with Gasteiger partial charge in [0.1, 0.15) is 5.75 Å². The van der Waals surface area contributed by atoms with Crippen LogP contribution in [0, 0.1) is 6.92 Å². The smallest absolute Gasteiger partial charge is 0.237 e. The Labute approximate surface area is 121 Å². The summed E-state index contributed by atoms with van der Waals surface area (Å²) in [6.45, 7) is 3.16. The summed E-state index contributed by atoms with van der Waals surface area (Å²) in [5, 5.41) is 2.84. The molecule has 1 aromatic rings. The fourth-order valence-corrected chi connectivity index (χ4v) is 3.43. The highest BCUT2D eigenvalue weighted by Crippen LogP contribution is 2.18. The Kier molecular flexibility index (Phi) is 5.14. The van der Waals surface area contributed by atoms with Gasteiger partial charge in [-0.15, -0.1) is 0 Å². The average molecular weight is 296 g/mol. The van der Waals surface area contributed by atoms with Crippen molar-refractivity contribution in [2.24, 2.45) is 0 Å². The topological polar surface area (TPSA) is 81.4 Å². The van der Waals surface area contributed by atoms with Crippen molar-refractivity contribution in [2.45, 2.75) is 25.0 Å². The lowest BCUT2D eigenvalue weighted by Crippen LogP contribution is -2.30. The molecule has 1 aliphatic rings. The second-order valence-corrected chi connectivity index (χ2v) is 6.68. The molecule has 110 valence electrons. The molecule has 0 aromatic heterocycles. The fourth-order valence-electron chi connectivity index (χ4n) is 2.15. The van der Waals surface area contributed by atoms with Gasteiger partial charge in [0.15, 0.2) is 0 Å². The Morgan fingerprint density at radius 3 is 2.85 bits per heavy atom. The molecule has 1 amide bonds. The Morgan fingerprint density at radius 2 is 2.15 bits per heavy atom. The van der Waals surface area contributed by atoms with Crippen molar-refractivity contribution in [3.05, 3.63) is 23.8 Å². The lowest BCUT2D eigenvalue weighted by atomic mass is 10.2. The van der Waals surface area contributed by atoms with Crippen LogP contribution in [0.5, 0.6) is 0 Å². The summed E-state index contributed by atoms with van der Waals surface area (Å²) in [6, 6.07) is 5.34. The maximum Gasteiger partial charge on any atom is 0.237 e. The number of ether oxygens (including phenoxy) is 1. The highest BCUT2D eigenvalue weighted by atomic mass is 32.2. The van der Waals surface area contributed by atoms with Crippen molar-refractivity contribution in [3.8, 4) is 0 Å². The second-order valence-electron chi connectivity index (χ2n) is 4.96. The average Bonchev–Trinajstić information content (AvgIpc) is 2.43. The molecule has 2 rings (SSSR count). The van der Waals surface area contributed by atoms with Crippen LogP contribution in [0.15, 0.2) is 18.2 Å².